The minimum atomic E-state index is 0.477. The molecule has 4 nitrogen and oxygen atoms in total. The highest BCUT2D eigenvalue weighted by atomic mass is 16.5. The molecule has 0 bridgehead atoms. The number of likely N-dealkylation sites (tertiary alicyclic amines) is 1. The van der Waals surface area contributed by atoms with Gasteiger partial charge in [-0.25, -0.2) is 0 Å². The van der Waals surface area contributed by atoms with Crippen LogP contribution in [0.2, 0.25) is 0 Å². The Hall–Kier alpha value is -0.770. The highest BCUT2D eigenvalue weighted by molar-refractivity contribution is 5.78. The lowest BCUT2D eigenvalue weighted by Gasteiger charge is -2.27. The van der Waals surface area contributed by atoms with Gasteiger partial charge in [-0.15, -0.1) is 0 Å². The molecule has 2 aliphatic rings. The molecule has 2 fully saturated rings. The molecular weight excluding hydrogens is 226 g/mol. The molecule has 1 atom stereocenters. The van der Waals surface area contributed by atoms with Gasteiger partial charge in [0.2, 0.25) is 0 Å². The Kier molecular flexibility index (Phi) is 5.78. The molecule has 0 aliphatic carbocycles. The molecule has 2 N–H and O–H groups in total. The molecule has 104 valence electrons. The molecule has 0 spiro atoms. The fourth-order valence-corrected chi connectivity index (χ4v) is 2.77. The molecule has 18 heavy (non-hydrogen) atoms. The van der Waals surface area contributed by atoms with E-state index in [-0.39, 0.29) is 0 Å². The highest BCUT2D eigenvalue weighted by Gasteiger charge is 2.14. The minimum absolute atomic E-state index is 0.477. The van der Waals surface area contributed by atoms with Crippen molar-refractivity contribution >= 4 is 5.96 Å². The van der Waals surface area contributed by atoms with Gasteiger partial charge in [0.05, 0.1) is 6.10 Å². The average molecular weight is 253 g/mol. The average Bonchev–Trinajstić information content (AvgIpc) is 2.45. The summed E-state index contributed by atoms with van der Waals surface area (Å²) >= 11 is 0. The van der Waals surface area contributed by atoms with Crippen molar-refractivity contribution in [2.24, 2.45) is 10.7 Å². The molecule has 2 rings (SSSR count). The van der Waals surface area contributed by atoms with E-state index in [1.54, 1.807) is 0 Å². The van der Waals surface area contributed by atoms with Crippen molar-refractivity contribution in [1.82, 2.24) is 4.90 Å². The summed E-state index contributed by atoms with van der Waals surface area (Å²) in [7, 11) is 0. The molecule has 0 saturated carbocycles. The Balaban J connectivity index is 1.60. The summed E-state index contributed by atoms with van der Waals surface area (Å²) in [4.78, 5) is 6.72. The fourth-order valence-electron chi connectivity index (χ4n) is 2.77. The van der Waals surface area contributed by atoms with Crippen LogP contribution in [0.3, 0.4) is 0 Å². The molecule has 4 heteroatoms. The number of aliphatic imine (C=N–C) groups is 1. The monoisotopic (exact) mass is 253 g/mol. The van der Waals surface area contributed by atoms with Crippen molar-refractivity contribution in [3.05, 3.63) is 0 Å². The Morgan fingerprint density at radius 3 is 2.72 bits per heavy atom. The number of nitrogens with two attached hydrogens (primary N) is 1. The molecule has 0 aromatic heterocycles. The fraction of sp³-hybridized carbons (Fsp3) is 0.929. The Morgan fingerprint density at radius 1 is 1.17 bits per heavy atom. The van der Waals surface area contributed by atoms with Gasteiger partial charge in [0.15, 0.2) is 5.96 Å². The van der Waals surface area contributed by atoms with E-state index in [1.807, 2.05) is 0 Å². The number of nitrogens with zero attached hydrogens (tertiary/aromatic N) is 2. The summed E-state index contributed by atoms with van der Waals surface area (Å²) in [6.45, 7) is 3.97. The highest BCUT2D eigenvalue weighted by Crippen LogP contribution is 2.16. The van der Waals surface area contributed by atoms with Crippen LogP contribution in [0.25, 0.3) is 0 Å². The number of guanidine groups is 1. The number of piperidine rings is 1. The summed E-state index contributed by atoms with van der Waals surface area (Å²) in [5.41, 5.74) is 6.01. The van der Waals surface area contributed by atoms with Gasteiger partial charge in [0.1, 0.15) is 0 Å². The lowest BCUT2D eigenvalue weighted by atomic mass is 10.1. The zero-order chi connectivity index (χ0) is 12.6. The number of ether oxygens (including phenoxy) is 1. The largest absolute Gasteiger partial charge is 0.378 e. The summed E-state index contributed by atoms with van der Waals surface area (Å²) in [5.74, 6) is 0.749. The predicted molar refractivity (Wildman–Crippen MR) is 74.7 cm³/mol. The summed E-state index contributed by atoms with van der Waals surface area (Å²) in [5, 5.41) is 0. The van der Waals surface area contributed by atoms with Gasteiger partial charge in [-0.1, -0.05) is 0 Å². The van der Waals surface area contributed by atoms with E-state index in [0.717, 1.165) is 45.0 Å². The number of hydrogen-bond donors (Lipinski definition) is 1. The Labute approximate surface area is 111 Å². The van der Waals surface area contributed by atoms with E-state index in [4.69, 9.17) is 10.5 Å². The van der Waals surface area contributed by atoms with Crippen LogP contribution in [0.5, 0.6) is 0 Å². The second kappa shape index (κ2) is 7.62. The third-order valence-electron chi connectivity index (χ3n) is 3.91. The van der Waals surface area contributed by atoms with Gasteiger partial charge in [-0.3, -0.25) is 4.99 Å². The van der Waals surface area contributed by atoms with Crippen LogP contribution in [-0.2, 0) is 4.74 Å². The predicted octanol–water partition coefficient (Wildman–Crippen LogP) is 2.14. The summed E-state index contributed by atoms with van der Waals surface area (Å²) in [6.07, 6.45) is 10.3. The van der Waals surface area contributed by atoms with Crippen LogP contribution in [0.15, 0.2) is 4.99 Å². The van der Waals surface area contributed by atoms with E-state index < -0.39 is 0 Å². The van der Waals surface area contributed by atoms with E-state index in [1.165, 1.54) is 38.5 Å². The molecule has 0 aromatic rings. The second-order valence-electron chi connectivity index (χ2n) is 5.42. The number of hydrogen-bond acceptors (Lipinski definition) is 2. The van der Waals surface area contributed by atoms with Gasteiger partial charge < -0.3 is 15.4 Å². The van der Waals surface area contributed by atoms with E-state index >= 15 is 0 Å². The van der Waals surface area contributed by atoms with Crippen LogP contribution >= 0.6 is 0 Å². The topological polar surface area (TPSA) is 50.9 Å². The normalized spacial score (nSPS) is 26.3. The molecule has 2 heterocycles. The van der Waals surface area contributed by atoms with Crippen molar-refractivity contribution in [2.45, 2.75) is 57.5 Å². The molecule has 1 unspecified atom stereocenters. The van der Waals surface area contributed by atoms with Crippen LogP contribution in [0, 0.1) is 0 Å². The van der Waals surface area contributed by atoms with Crippen molar-refractivity contribution < 1.29 is 4.74 Å². The van der Waals surface area contributed by atoms with Crippen molar-refractivity contribution in [3.63, 3.8) is 0 Å². The second-order valence-corrected chi connectivity index (χ2v) is 5.42. The lowest BCUT2D eigenvalue weighted by Crippen LogP contribution is -2.40. The SMILES string of the molecule is NC(=NCCCC1CCCCO1)N1CCCCC1. The molecule has 2 aliphatic heterocycles. The number of rotatable bonds is 4. The Morgan fingerprint density at radius 2 is 2.00 bits per heavy atom. The van der Waals surface area contributed by atoms with Crippen molar-refractivity contribution in [2.75, 3.05) is 26.2 Å². The van der Waals surface area contributed by atoms with Crippen LogP contribution in [-0.4, -0.2) is 43.2 Å². The van der Waals surface area contributed by atoms with Gasteiger partial charge in [0.25, 0.3) is 0 Å². The minimum Gasteiger partial charge on any atom is -0.378 e. The first-order chi connectivity index (χ1) is 8.86. The molecule has 2 saturated heterocycles. The first-order valence-corrected chi connectivity index (χ1v) is 7.53. The van der Waals surface area contributed by atoms with Crippen LogP contribution in [0.1, 0.15) is 51.4 Å². The Bertz CT molecular complexity index is 256. The van der Waals surface area contributed by atoms with Crippen LogP contribution < -0.4 is 5.73 Å². The molecular formula is C14H27N3O. The van der Waals surface area contributed by atoms with E-state index in [0.29, 0.717) is 6.10 Å². The van der Waals surface area contributed by atoms with Gasteiger partial charge in [0, 0.05) is 26.2 Å². The van der Waals surface area contributed by atoms with Crippen molar-refractivity contribution in [3.8, 4) is 0 Å². The third kappa shape index (κ3) is 4.48. The van der Waals surface area contributed by atoms with Gasteiger partial charge >= 0.3 is 0 Å². The maximum absolute atomic E-state index is 6.01. The zero-order valence-electron chi connectivity index (χ0n) is 11.4. The lowest BCUT2D eigenvalue weighted by molar-refractivity contribution is 0.0105. The third-order valence-corrected chi connectivity index (χ3v) is 3.91. The molecule has 0 aromatic carbocycles. The zero-order valence-corrected chi connectivity index (χ0v) is 11.4. The smallest absolute Gasteiger partial charge is 0.191 e. The summed E-state index contributed by atoms with van der Waals surface area (Å²) < 4.78 is 5.71. The molecule has 0 radical (unpaired) electrons. The van der Waals surface area contributed by atoms with Gasteiger partial charge in [-0.2, -0.15) is 0 Å². The maximum Gasteiger partial charge on any atom is 0.191 e. The van der Waals surface area contributed by atoms with Gasteiger partial charge in [-0.05, 0) is 51.4 Å². The summed E-state index contributed by atoms with van der Waals surface area (Å²) in [6, 6.07) is 0. The molecule has 0 amide bonds. The van der Waals surface area contributed by atoms with E-state index in [9.17, 15) is 0 Å². The first-order valence-electron chi connectivity index (χ1n) is 7.53. The van der Waals surface area contributed by atoms with Crippen molar-refractivity contribution in [1.29, 1.82) is 0 Å². The standard InChI is InChI=1S/C14H27N3O/c15-14(17-10-3-1-4-11-17)16-9-6-8-13-7-2-5-12-18-13/h13H,1-12H2,(H2,15,16). The van der Waals surface area contributed by atoms with Crippen LogP contribution in [0.4, 0.5) is 0 Å². The quantitative estimate of drug-likeness (QED) is 0.474. The first kappa shape index (κ1) is 13.7. The maximum atomic E-state index is 6.01. The van der Waals surface area contributed by atoms with E-state index in [2.05, 4.69) is 9.89 Å².